The van der Waals surface area contributed by atoms with Crippen LogP contribution in [-0.2, 0) is 20.9 Å². The zero-order valence-electron chi connectivity index (χ0n) is 18.0. The molecule has 1 saturated heterocycles. The Morgan fingerprint density at radius 2 is 1.90 bits per heavy atom. The number of ether oxygens (including phenoxy) is 1. The molecule has 11 nitrogen and oxygen atoms in total. The molecule has 2 rings (SSSR count). The van der Waals surface area contributed by atoms with Crippen LogP contribution in [0.5, 0.6) is 0 Å². The number of nitrogens with zero attached hydrogens (tertiary/aromatic N) is 1. The van der Waals surface area contributed by atoms with Gasteiger partial charge in [-0.25, -0.2) is 9.18 Å². The Labute approximate surface area is 178 Å². The molecule has 0 amide bonds. The standard InChI is InChI=1S/C18H30FN2O9P/c1-6-17(4,26)31(27,28)30-18(19,7-2)9(3)13-11(22)12(23)14(29-13)10-8-20-16(25)21(5)15(10)24/h8-9,11-14,22-23,26H,6-7H2,1-5H3,(H,20,25)(H,27,28)/t9?,11-,12+,13?,14-,17?,18?/m0/s1. The molecule has 178 valence electrons. The predicted octanol–water partition coefficient (Wildman–Crippen LogP) is 0.268. The van der Waals surface area contributed by atoms with Gasteiger partial charge in [-0.05, 0) is 13.3 Å². The molecule has 1 aliphatic heterocycles. The lowest BCUT2D eigenvalue weighted by atomic mass is 9.89. The molecule has 1 aliphatic rings. The first-order valence-electron chi connectivity index (χ1n) is 9.88. The Morgan fingerprint density at radius 1 is 1.32 bits per heavy atom. The normalized spacial score (nSPS) is 30.9. The van der Waals surface area contributed by atoms with Crippen molar-refractivity contribution in [3.05, 3.63) is 32.6 Å². The number of hydrogen-bond acceptors (Lipinski definition) is 8. The number of alkyl halides is 1. The van der Waals surface area contributed by atoms with E-state index in [4.69, 9.17) is 9.26 Å². The van der Waals surface area contributed by atoms with Crippen LogP contribution in [0.3, 0.4) is 0 Å². The molecule has 0 radical (unpaired) electrons. The Kier molecular flexibility index (Phi) is 7.39. The minimum atomic E-state index is -4.87. The molecule has 0 aliphatic carbocycles. The van der Waals surface area contributed by atoms with E-state index in [0.717, 1.165) is 17.7 Å². The fraction of sp³-hybridized carbons (Fsp3) is 0.778. The number of aliphatic hydroxyl groups is 3. The monoisotopic (exact) mass is 468 g/mol. The number of halogens is 1. The van der Waals surface area contributed by atoms with Gasteiger partial charge in [0.05, 0.1) is 11.7 Å². The Balaban J connectivity index is 2.37. The smallest absolute Gasteiger partial charge is 0.361 e. The summed E-state index contributed by atoms with van der Waals surface area (Å²) in [5, 5.41) is 28.8. The third-order valence-electron chi connectivity index (χ3n) is 6.02. The molecule has 0 bridgehead atoms. The highest BCUT2D eigenvalue weighted by atomic mass is 31.2. The van der Waals surface area contributed by atoms with Crippen molar-refractivity contribution in [2.75, 3.05) is 0 Å². The number of nitrogens with one attached hydrogen (secondary N) is 1. The van der Waals surface area contributed by atoms with Crippen LogP contribution in [0.2, 0.25) is 0 Å². The minimum Gasteiger partial charge on any atom is -0.388 e. The van der Waals surface area contributed by atoms with E-state index in [2.05, 4.69) is 4.98 Å². The maximum Gasteiger partial charge on any atom is 0.361 e. The van der Waals surface area contributed by atoms with E-state index >= 15 is 4.39 Å². The molecule has 13 heteroatoms. The van der Waals surface area contributed by atoms with E-state index in [0.29, 0.717) is 0 Å². The molecule has 31 heavy (non-hydrogen) atoms. The molecule has 1 aromatic rings. The van der Waals surface area contributed by atoms with Gasteiger partial charge in [-0.15, -0.1) is 0 Å². The van der Waals surface area contributed by atoms with Gasteiger partial charge in [0.15, 0.2) is 5.34 Å². The first kappa shape index (κ1) is 25.9. The topological polar surface area (TPSA) is 171 Å². The molecular weight excluding hydrogens is 438 g/mol. The van der Waals surface area contributed by atoms with E-state index in [1.807, 2.05) is 0 Å². The molecule has 5 N–H and O–H groups in total. The Morgan fingerprint density at radius 3 is 2.42 bits per heavy atom. The summed E-state index contributed by atoms with van der Waals surface area (Å²) in [4.78, 5) is 36.4. The van der Waals surface area contributed by atoms with Crippen molar-refractivity contribution in [3.8, 4) is 0 Å². The van der Waals surface area contributed by atoms with Crippen LogP contribution in [0.25, 0.3) is 0 Å². The Hall–Kier alpha value is -1.40. The van der Waals surface area contributed by atoms with Gasteiger partial charge in [0.1, 0.15) is 18.3 Å². The van der Waals surface area contributed by atoms with Crippen LogP contribution in [0.1, 0.15) is 52.2 Å². The first-order valence-corrected chi connectivity index (χ1v) is 11.5. The molecule has 1 fully saturated rings. The summed E-state index contributed by atoms with van der Waals surface area (Å²) in [6, 6.07) is 0. The van der Waals surface area contributed by atoms with Crippen molar-refractivity contribution in [2.24, 2.45) is 13.0 Å². The van der Waals surface area contributed by atoms with Crippen molar-refractivity contribution in [1.82, 2.24) is 9.55 Å². The summed E-state index contributed by atoms with van der Waals surface area (Å²) < 4.78 is 39.5. The highest BCUT2D eigenvalue weighted by Crippen LogP contribution is 2.60. The summed E-state index contributed by atoms with van der Waals surface area (Å²) in [7, 11) is -3.66. The lowest BCUT2D eigenvalue weighted by Crippen LogP contribution is -2.46. The summed E-state index contributed by atoms with van der Waals surface area (Å²) in [5.74, 6) is -4.22. The zero-order chi connectivity index (χ0) is 23.9. The molecular formula is C18H30FN2O9P. The number of hydrogen-bond donors (Lipinski definition) is 5. The fourth-order valence-electron chi connectivity index (χ4n) is 3.38. The van der Waals surface area contributed by atoms with Gasteiger partial charge in [-0.2, -0.15) is 0 Å². The van der Waals surface area contributed by atoms with Crippen molar-refractivity contribution in [1.29, 1.82) is 0 Å². The van der Waals surface area contributed by atoms with Crippen molar-refractivity contribution < 1.29 is 38.4 Å². The van der Waals surface area contributed by atoms with Gasteiger partial charge in [-0.3, -0.25) is 18.5 Å². The number of aromatic amines is 1. The average Bonchev–Trinajstić information content (AvgIpc) is 2.99. The van der Waals surface area contributed by atoms with Crippen LogP contribution < -0.4 is 11.2 Å². The van der Waals surface area contributed by atoms with Gasteiger partial charge in [0.2, 0.25) is 5.85 Å². The highest BCUT2D eigenvalue weighted by Gasteiger charge is 2.56. The number of aromatic nitrogens is 2. The second-order valence-electron chi connectivity index (χ2n) is 8.03. The molecule has 0 saturated carbocycles. The number of aliphatic hydroxyl groups excluding tert-OH is 2. The van der Waals surface area contributed by atoms with Crippen LogP contribution in [0, 0.1) is 5.92 Å². The maximum absolute atomic E-state index is 15.7. The minimum absolute atomic E-state index is 0.160. The van der Waals surface area contributed by atoms with Gasteiger partial charge < -0.3 is 29.9 Å². The van der Waals surface area contributed by atoms with Crippen molar-refractivity contribution >= 4 is 7.60 Å². The molecule has 0 aromatic carbocycles. The summed E-state index contributed by atoms with van der Waals surface area (Å²) in [6.07, 6.45) is -5.73. The van der Waals surface area contributed by atoms with Crippen LogP contribution >= 0.6 is 7.60 Å². The predicted molar refractivity (Wildman–Crippen MR) is 107 cm³/mol. The molecule has 8 atom stereocenters. The third-order valence-corrected chi connectivity index (χ3v) is 8.11. The van der Waals surface area contributed by atoms with E-state index in [9.17, 15) is 34.4 Å². The van der Waals surface area contributed by atoms with Crippen LogP contribution in [-0.4, -0.2) is 59.3 Å². The molecule has 2 heterocycles. The van der Waals surface area contributed by atoms with E-state index < -0.39 is 66.8 Å². The molecule has 5 unspecified atom stereocenters. The van der Waals surface area contributed by atoms with E-state index in [1.54, 1.807) is 0 Å². The second kappa shape index (κ2) is 8.86. The lowest BCUT2D eigenvalue weighted by Gasteiger charge is -2.38. The SMILES string of the molecule is CCC(F)(OP(=O)(O)C(C)(O)CC)C(C)C1O[C@@H](c2c[nH]c(=O)n(C)c2=O)[C@H](O)[C@@H]1O. The molecule has 0 spiro atoms. The second-order valence-corrected chi connectivity index (χ2v) is 10.2. The summed E-state index contributed by atoms with van der Waals surface area (Å²) >= 11 is 0. The van der Waals surface area contributed by atoms with Crippen molar-refractivity contribution in [2.45, 2.75) is 76.1 Å². The van der Waals surface area contributed by atoms with Gasteiger partial charge in [-0.1, -0.05) is 20.8 Å². The van der Waals surface area contributed by atoms with Gasteiger partial charge >= 0.3 is 13.3 Å². The zero-order valence-corrected chi connectivity index (χ0v) is 18.9. The Bertz CT molecular complexity index is 964. The van der Waals surface area contributed by atoms with Gasteiger partial charge in [0.25, 0.3) is 5.56 Å². The van der Waals surface area contributed by atoms with Gasteiger partial charge in [0, 0.05) is 25.6 Å². The average molecular weight is 468 g/mol. The van der Waals surface area contributed by atoms with Crippen molar-refractivity contribution in [3.63, 3.8) is 0 Å². The number of rotatable bonds is 8. The van der Waals surface area contributed by atoms with E-state index in [-0.39, 0.29) is 12.0 Å². The summed E-state index contributed by atoms with van der Waals surface area (Å²) in [6.45, 7) is 5.06. The largest absolute Gasteiger partial charge is 0.388 e. The molecule has 1 aromatic heterocycles. The number of H-pyrrole nitrogens is 1. The van der Waals surface area contributed by atoms with E-state index in [1.165, 1.54) is 27.8 Å². The van der Waals surface area contributed by atoms with Crippen LogP contribution in [0.4, 0.5) is 4.39 Å². The summed E-state index contributed by atoms with van der Waals surface area (Å²) in [5.41, 5.74) is -1.63. The highest BCUT2D eigenvalue weighted by molar-refractivity contribution is 7.54. The quantitative estimate of drug-likeness (QED) is 0.336. The fourth-order valence-corrected chi connectivity index (χ4v) is 4.68. The maximum atomic E-state index is 15.7. The van der Waals surface area contributed by atoms with Crippen LogP contribution in [0.15, 0.2) is 15.8 Å². The third kappa shape index (κ3) is 4.56. The lowest BCUT2D eigenvalue weighted by molar-refractivity contribution is -0.169. The first-order chi connectivity index (χ1) is 14.1.